The third-order valence-corrected chi connectivity index (χ3v) is 3.82. The number of benzene rings is 1. The lowest BCUT2D eigenvalue weighted by Gasteiger charge is -2.14. The Bertz CT molecular complexity index is 502. The van der Waals surface area contributed by atoms with Gasteiger partial charge in [0, 0.05) is 5.56 Å². The number of carboxylic acid groups (broad SMARTS) is 1. The number of carboxylic acids is 1. The summed E-state index contributed by atoms with van der Waals surface area (Å²) in [6.45, 7) is 0. The maximum Gasteiger partial charge on any atom is 0.326 e. The molecule has 1 aromatic rings. The molecule has 0 aromatic heterocycles. The van der Waals surface area contributed by atoms with Crippen LogP contribution in [0.2, 0.25) is 10.0 Å². The van der Waals surface area contributed by atoms with E-state index in [2.05, 4.69) is 5.32 Å². The summed E-state index contributed by atoms with van der Waals surface area (Å²) < 4.78 is 0. The maximum absolute atomic E-state index is 12.0. The largest absolute Gasteiger partial charge is 0.480 e. The normalized spacial score (nSPS) is 11.9. The number of aliphatic carboxylic acids is 1. The molecule has 0 spiro atoms. The summed E-state index contributed by atoms with van der Waals surface area (Å²) in [6.07, 6.45) is 2.19. The van der Waals surface area contributed by atoms with E-state index in [1.54, 1.807) is 0 Å². The molecule has 1 aromatic carbocycles. The van der Waals surface area contributed by atoms with Gasteiger partial charge in [-0.3, -0.25) is 4.79 Å². The van der Waals surface area contributed by atoms with Crippen LogP contribution in [-0.4, -0.2) is 35.0 Å². The zero-order valence-corrected chi connectivity index (χ0v) is 13.0. The summed E-state index contributed by atoms with van der Waals surface area (Å²) in [5.41, 5.74) is 5.93. The van der Waals surface area contributed by atoms with Crippen molar-refractivity contribution in [1.29, 1.82) is 0 Å². The van der Waals surface area contributed by atoms with E-state index in [-0.39, 0.29) is 21.3 Å². The van der Waals surface area contributed by atoms with Crippen molar-refractivity contribution in [2.45, 2.75) is 12.5 Å². The van der Waals surface area contributed by atoms with Gasteiger partial charge < -0.3 is 16.2 Å². The van der Waals surface area contributed by atoms with Gasteiger partial charge >= 0.3 is 5.97 Å². The second-order valence-electron chi connectivity index (χ2n) is 4.00. The molecule has 1 atom stereocenters. The molecule has 0 aliphatic carbocycles. The summed E-state index contributed by atoms with van der Waals surface area (Å²) in [7, 11) is 0. The number of hydrogen-bond donors (Lipinski definition) is 3. The number of carbonyl (C=O) groups excluding carboxylic acids is 1. The average molecular weight is 337 g/mol. The fraction of sp³-hybridized carbons (Fsp3) is 0.333. The van der Waals surface area contributed by atoms with Crippen LogP contribution in [0.5, 0.6) is 0 Å². The number of hydrogen-bond acceptors (Lipinski definition) is 4. The highest BCUT2D eigenvalue weighted by atomic mass is 35.5. The number of thioether (sulfide) groups is 1. The van der Waals surface area contributed by atoms with Crippen LogP contribution >= 0.6 is 35.0 Å². The van der Waals surface area contributed by atoms with Gasteiger partial charge in [-0.25, -0.2) is 4.79 Å². The Morgan fingerprint density at radius 2 is 1.95 bits per heavy atom. The van der Waals surface area contributed by atoms with Crippen LogP contribution in [0.15, 0.2) is 12.1 Å². The highest BCUT2D eigenvalue weighted by Gasteiger charge is 2.21. The van der Waals surface area contributed by atoms with Crippen molar-refractivity contribution in [2.75, 3.05) is 17.7 Å². The van der Waals surface area contributed by atoms with Crippen molar-refractivity contribution in [2.24, 2.45) is 0 Å². The third-order valence-electron chi connectivity index (χ3n) is 2.56. The lowest BCUT2D eigenvalue weighted by atomic mass is 10.1. The minimum Gasteiger partial charge on any atom is -0.480 e. The Kier molecular flexibility index (Phi) is 6.45. The molecule has 0 aliphatic rings. The number of rotatable bonds is 6. The van der Waals surface area contributed by atoms with E-state index in [1.165, 1.54) is 23.9 Å². The lowest BCUT2D eigenvalue weighted by Crippen LogP contribution is -2.41. The first-order valence-electron chi connectivity index (χ1n) is 5.64. The Hall–Kier alpha value is -1.11. The summed E-state index contributed by atoms with van der Waals surface area (Å²) in [5.74, 6) is -1.01. The number of amides is 1. The van der Waals surface area contributed by atoms with Crippen LogP contribution in [0.25, 0.3) is 0 Å². The van der Waals surface area contributed by atoms with E-state index < -0.39 is 17.9 Å². The molecule has 8 heteroatoms. The number of halogens is 2. The van der Waals surface area contributed by atoms with Crippen molar-refractivity contribution in [3.63, 3.8) is 0 Å². The van der Waals surface area contributed by atoms with Gasteiger partial charge in [0.25, 0.3) is 5.91 Å². The summed E-state index contributed by atoms with van der Waals surface area (Å²) in [5, 5.41) is 11.8. The van der Waals surface area contributed by atoms with Gasteiger partial charge in [-0.15, -0.1) is 0 Å². The molecule has 4 N–H and O–H groups in total. The molecule has 0 fully saturated rings. The predicted molar refractivity (Wildman–Crippen MR) is 82.8 cm³/mol. The first-order chi connectivity index (χ1) is 9.36. The van der Waals surface area contributed by atoms with Crippen LogP contribution in [0.1, 0.15) is 16.8 Å². The molecule has 0 saturated heterocycles. The number of carbonyl (C=O) groups is 2. The van der Waals surface area contributed by atoms with Crippen LogP contribution in [0.4, 0.5) is 5.69 Å². The lowest BCUT2D eigenvalue weighted by molar-refractivity contribution is -0.139. The smallest absolute Gasteiger partial charge is 0.326 e. The Morgan fingerprint density at radius 1 is 1.40 bits per heavy atom. The van der Waals surface area contributed by atoms with Crippen LogP contribution in [0.3, 0.4) is 0 Å². The molecule has 5 nitrogen and oxygen atoms in total. The maximum atomic E-state index is 12.0. The fourth-order valence-electron chi connectivity index (χ4n) is 1.45. The van der Waals surface area contributed by atoms with Crippen LogP contribution in [-0.2, 0) is 4.79 Å². The summed E-state index contributed by atoms with van der Waals surface area (Å²) >= 11 is 13.2. The van der Waals surface area contributed by atoms with Crippen molar-refractivity contribution < 1.29 is 14.7 Å². The second kappa shape index (κ2) is 7.61. The molecule has 1 amide bonds. The zero-order chi connectivity index (χ0) is 15.3. The molecular formula is C12H14Cl2N2O3S. The Labute approximate surface area is 130 Å². The van der Waals surface area contributed by atoms with E-state index in [0.717, 1.165) is 0 Å². The molecule has 0 bridgehead atoms. The van der Waals surface area contributed by atoms with Gasteiger partial charge in [0.2, 0.25) is 0 Å². The summed E-state index contributed by atoms with van der Waals surface area (Å²) in [4.78, 5) is 23.1. The van der Waals surface area contributed by atoms with E-state index in [9.17, 15) is 9.59 Å². The van der Waals surface area contributed by atoms with Gasteiger partial charge in [0.15, 0.2) is 0 Å². The van der Waals surface area contributed by atoms with Crippen molar-refractivity contribution >= 4 is 52.5 Å². The Balaban J connectivity index is 2.86. The molecule has 20 heavy (non-hydrogen) atoms. The molecule has 0 heterocycles. The van der Waals surface area contributed by atoms with Gasteiger partial charge in [-0.2, -0.15) is 11.8 Å². The fourth-order valence-corrected chi connectivity index (χ4v) is 2.41. The van der Waals surface area contributed by atoms with Crippen molar-refractivity contribution in [1.82, 2.24) is 5.32 Å². The van der Waals surface area contributed by atoms with Gasteiger partial charge in [-0.05, 0) is 30.6 Å². The van der Waals surface area contributed by atoms with Gasteiger partial charge in [-0.1, -0.05) is 23.2 Å². The Morgan fingerprint density at radius 3 is 2.40 bits per heavy atom. The van der Waals surface area contributed by atoms with E-state index in [1.807, 2.05) is 6.26 Å². The van der Waals surface area contributed by atoms with E-state index in [4.69, 9.17) is 34.0 Å². The minimum absolute atomic E-state index is 0.152. The quantitative estimate of drug-likeness (QED) is 0.694. The van der Waals surface area contributed by atoms with Gasteiger partial charge in [0.05, 0.1) is 15.7 Å². The predicted octanol–water partition coefficient (Wildman–Crippen LogP) is 2.51. The first-order valence-corrected chi connectivity index (χ1v) is 7.79. The van der Waals surface area contributed by atoms with E-state index >= 15 is 0 Å². The minimum atomic E-state index is -1.08. The topological polar surface area (TPSA) is 92.4 Å². The van der Waals surface area contributed by atoms with Crippen LogP contribution in [0, 0.1) is 0 Å². The summed E-state index contributed by atoms with van der Waals surface area (Å²) in [6, 6.07) is 1.75. The molecule has 0 saturated carbocycles. The average Bonchev–Trinajstić information content (AvgIpc) is 2.39. The molecule has 1 rings (SSSR count). The monoisotopic (exact) mass is 336 g/mol. The highest BCUT2D eigenvalue weighted by Crippen LogP contribution is 2.28. The standard InChI is InChI=1S/C12H14Cl2N2O3S/c1-20-3-2-9(12(18)19)16-11(17)6-4-7(13)10(15)8(14)5-6/h4-5,9H,2-3,15H2,1H3,(H,16,17)(H,18,19)/t9-/m0/s1. The first kappa shape index (κ1) is 16.9. The highest BCUT2D eigenvalue weighted by molar-refractivity contribution is 7.98. The molecule has 110 valence electrons. The van der Waals surface area contributed by atoms with Crippen molar-refractivity contribution in [3.8, 4) is 0 Å². The molecule has 0 radical (unpaired) electrons. The number of anilines is 1. The SMILES string of the molecule is CSCC[C@H](NC(=O)c1cc(Cl)c(N)c(Cl)c1)C(=O)O. The number of nitrogen functional groups attached to an aromatic ring is 1. The molecular weight excluding hydrogens is 323 g/mol. The number of nitrogens with two attached hydrogens (primary N) is 1. The zero-order valence-electron chi connectivity index (χ0n) is 10.7. The number of nitrogens with one attached hydrogen (secondary N) is 1. The molecule has 0 unspecified atom stereocenters. The van der Waals surface area contributed by atoms with E-state index in [0.29, 0.717) is 12.2 Å². The molecule has 0 aliphatic heterocycles. The van der Waals surface area contributed by atoms with Crippen molar-refractivity contribution in [3.05, 3.63) is 27.7 Å². The van der Waals surface area contributed by atoms with Crippen LogP contribution < -0.4 is 11.1 Å². The third kappa shape index (κ3) is 4.47. The van der Waals surface area contributed by atoms with Gasteiger partial charge in [0.1, 0.15) is 6.04 Å². The second-order valence-corrected chi connectivity index (χ2v) is 5.80.